The molecule has 0 fully saturated rings. The van der Waals surface area contributed by atoms with E-state index in [0.29, 0.717) is 0 Å². The fourth-order valence-electron chi connectivity index (χ4n) is 1.20. The Balaban J connectivity index is 2.53. The molecule has 5 nitrogen and oxygen atoms in total. The topological polar surface area (TPSA) is 48.5 Å². The van der Waals surface area contributed by atoms with Crippen molar-refractivity contribution in [2.45, 2.75) is 6.92 Å². The van der Waals surface area contributed by atoms with E-state index in [1.165, 1.54) is 0 Å². The fraction of sp³-hybridized carbons (Fsp3) is 0.375. The zero-order valence-corrected chi connectivity index (χ0v) is 7.89. The van der Waals surface area contributed by atoms with Crippen molar-refractivity contribution in [1.82, 2.24) is 24.5 Å². The van der Waals surface area contributed by atoms with E-state index in [4.69, 9.17) is 0 Å². The largest absolute Gasteiger partial charge is 0.338 e. The first-order chi connectivity index (χ1) is 6.18. The second-order valence-electron chi connectivity index (χ2n) is 3.03. The maximum absolute atomic E-state index is 4.38. The second kappa shape index (κ2) is 2.69. The smallest absolute Gasteiger partial charge is 0.108 e. The minimum atomic E-state index is 0.910. The van der Waals surface area contributed by atoms with Crippen molar-refractivity contribution < 1.29 is 0 Å². The third-order valence-electron chi connectivity index (χ3n) is 2.09. The lowest BCUT2D eigenvalue weighted by atomic mass is 10.4. The highest BCUT2D eigenvalue weighted by atomic mass is 15.4. The Kier molecular flexibility index (Phi) is 1.65. The van der Waals surface area contributed by atoms with Crippen LogP contribution in [0.4, 0.5) is 0 Å². The molecule has 13 heavy (non-hydrogen) atoms. The number of nitrogens with zero attached hydrogens (tertiary/aromatic N) is 5. The normalized spacial score (nSPS) is 10.7. The van der Waals surface area contributed by atoms with E-state index in [2.05, 4.69) is 15.3 Å². The molecule has 0 atom stereocenters. The summed E-state index contributed by atoms with van der Waals surface area (Å²) in [7, 11) is 3.82. The monoisotopic (exact) mass is 177 g/mol. The van der Waals surface area contributed by atoms with Crippen LogP contribution < -0.4 is 0 Å². The van der Waals surface area contributed by atoms with Crippen molar-refractivity contribution in [3.63, 3.8) is 0 Å². The molecule has 2 heterocycles. The van der Waals surface area contributed by atoms with Crippen LogP contribution in [0.3, 0.4) is 0 Å². The Hall–Kier alpha value is -1.65. The molecule has 0 aromatic carbocycles. The highest BCUT2D eigenvalue weighted by Crippen LogP contribution is 2.14. The Labute approximate surface area is 76.0 Å². The van der Waals surface area contributed by atoms with Crippen LogP contribution in [-0.4, -0.2) is 24.5 Å². The lowest BCUT2D eigenvalue weighted by Crippen LogP contribution is -1.93. The summed E-state index contributed by atoms with van der Waals surface area (Å²) in [6.07, 6.45) is 3.68. The molecule has 68 valence electrons. The third kappa shape index (κ3) is 1.22. The van der Waals surface area contributed by atoms with Crippen LogP contribution in [0, 0.1) is 6.92 Å². The lowest BCUT2D eigenvalue weighted by molar-refractivity contribution is 0.719. The summed E-state index contributed by atoms with van der Waals surface area (Å²) in [4.78, 5) is 4.38. The first-order valence-corrected chi connectivity index (χ1v) is 4.03. The highest BCUT2D eigenvalue weighted by Gasteiger charge is 2.07. The van der Waals surface area contributed by atoms with Crippen LogP contribution >= 0.6 is 0 Å². The Morgan fingerprint density at radius 3 is 2.54 bits per heavy atom. The molecule has 0 saturated heterocycles. The van der Waals surface area contributed by atoms with Gasteiger partial charge in [-0.05, 0) is 6.92 Å². The van der Waals surface area contributed by atoms with Gasteiger partial charge in [0.1, 0.15) is 17.2 Å². The van der Waals surface area contributed by atoms with Gasteiger partial charge in [0.05, 0.1) is 6.20 Å². The molecule has 0 spiro atoms. The molecule has 2 aromatic heterocycles. The van der Waals surface area contributed by atoms with Gasteiger partial charge in [0, 0.05) is 20.3 Å². The minimum absolute atomic E-state index is 0.910. The fourth-order valence-corrected chi connectivity index (χ4v) is 1.20. The minimum Gasteiger partial charge on any atom is -0.338 e. The molecule has 0 N–H and O–H groups in total. The molecular weight excluding hydrogens is 166 g/mol. The third-order valence-corrected chi connectivity index (χ3v) is 2.09. The number of imidazole rings is 1. The van der Waals surface area contributed by atoms with E-state index >= 15 is 0 Å². The van der Waals surface area contributed by atoms with Gasteiger partial charge in [0.2, 0.25) is 0 Å². The van der Waals surface area contributed by atoms with Gasteiger partial charge in [-0.2, -0.15) is 0 Å². The lowest BCUT2D eigenvalue weighted by Gasteiger charge is -1.92. The number of hydrogen-bond acceptors (Lipinski definition) is 3. The summed E-state index contributed by atoms with van der Waals surface area (Å²) in [6, 6.07) is 0. The second-order valence-corrected chi connectivity index (χ2v) is 3.03. The van der Waals surface area contributed by atoms with Gasteiger partial charge in [-0.25, -0.2) is 9.67 Å². The van der Waals surface area contributed by atoms with Gasteiger partial charge in [0.15, 0.2) is 0 Å². The van der Waals surface area contributed by atoms with Crippen LogP contribution in [0.1, 0.15) is 5.82 Å². The van der Waals surface area contributed by atoms with Crippen LogP contribution in [-0.2, 0) is 14.1 Å². The molecule has 0 unspecified atom stereocenters. The standard InChI is InChI=1S/C8H11N5/c1-6-10-7(5-12(6)2)8-4-9-11-13(8)3/h4-5H,1-3H3. The number of aryl methyl sites for hydroxylation is 3. The summed E-state index contributed by atoms with van der Waals surface area (Å²) >= 11 is 0. The van der Waals surface area contributed by atoms with Crippen molar-refractivity contribution >= 4 is 0 Å². The molecule has 0 bridgehead atoms. The van der Waals surface area contributed by atoms with E-state index in [9.17, 15) is 0 Å². The summed E-state index contributed by atoms with van der Waals surface area (Å²) in [5.74, 6) is 0.983. The van der Waals surface area contributed by atoms with E-state index in [1.54, 1.807) is 10.9 Å². The Morgan fingerprint density at radius 1 is 1.31 bits per heavy atom. The van der Waals surface area contributed by atoms with Gasteiger partial charge in [0.25, 0.3) is 0 Å². The summed E-state index contributed by atoms with van der Waals surface area (Å²) in [5.41, 5.74) is 1.84. The van der Waals surface area contributed by atoms with Gasteiger partial charge >= 0.3 is 0 Å². The molecule has 5 heteroatoms. The zero-order chi connectivity index (χ0) is 9.42. The highest BCUT2D eigenvalue weighted by molar-refractivity contribution is 5.51. The average Bonchev–Trinajstić information content (AvgIpc) is 2.60. The predicted octanol–water partition coefficient (Wildman–Crippen LogP) is 0.524. The van der Waals surface area contributed by atoms with Gasteiger partial charge in [-0.15, -0.1) is 5.10 Å². The number of hydrogen-bond donors (Lipinski definition) is 0. The molecular formula is C8H11N5. The molecule has 2 aromatic rings. The Bertz CT molecular complexity index is 406. The molecule has 0 aliphatic heterocycles. The molecule has 0 aliphatic rings. The van der Waals surface area contributed by atoms with Crippen LogP contribution in [0.15, 0.2) is 12.4 Å². The van der Waals surface area contributed by atoms with Crippen molar-refractivity contribution in [2.75, 3.05) is 0 Å². The van der Waals surface area contributed by atoms with E-state index < -0.39 is 0 Å². The molecule has 0 saturated carbocycles. The number of aromatic nitrogens is 5. The summed E-state index contributed by atoms with van der Waals surface area (Å²) < 4.78 is 3.68. The molecule has 0 radical (unpaired) electrons. The van der Waals surface area contributed by atoms with Gasteiger partial charge in [-0.1, -0.05) is 5.21 Å². The van der Waals surface area contributed by atoms with Crippen LogP contribution in [0.25, 0.3) is 11.4 Å². The van der Waals surface area contributed by atoms with Crippen LogP contribution in [0.2, 0.25) is 0 Å². The van der Waals surface area contributed by atoms with Crippen molar-refractivity contribution in [1.29, 1.82) is 0 Å². The molecule has 0 amide bonds. The van der Waals surface area contributed by atoms with Crippen molar-refractivity contribution in [3.8, 4) is 11.4 Å². The van der Waals surface area contributed by atoms with Gasteiger partial charge < -0.3 is 4.57 Å². The quantitative estimate of drug-likeness (QED) is 0.638. The first kappa shape index (κ1) is 7.97. The van der Waals surface area contributed by atoms with E-state index in [0.717, 1.165) is 17.2 Å². The summed E-state index contributed by atoms with van der Waals surface area (Å²) in [5, 5.41) is 7.65. The van der Waals surface area contributed by atoms with Crippen LogP contribution in [0.5, 0.6) is 0 Å². The van der Waals surface area contributed by atoms with Gasteiger partial charge in [-0.3, -0.25) is 0 Å². The predicted molar refractivity (Wildman–Crippen MR) is 47.9 cm³/mol. The SMILES string of the molecule is Cc1nc(-c2cnnn2C)cn1C. The van der Waals surface area contributed by atoms with Crippen molar-refractivity contribution in [2.24, 2.45) is 14.1 Å². The molecule has 0 aliphatic carbocycles. The van der Waals surface area contributed by atoms with E-state index in [1.807, 2.05) is 31.8 Å². The zero-order valence-electron chi connectivity index (χ0n) is 7.89. The molecule has 2 rings (SSSR count). The maximum Gasteiger partial charge on any atom is 0.108 e. The van der Waals surface area contributed by atoms with E-state index in [-0.39, 0.29) is 0 Å². The first-order valence-electron chi connectivity index (χ1n) is 4.03. The summed E-state index contributed by atoms with van der Waals surface area (Å²) in [6.45, 7) is 1.97. The Morgan fingerprint density at radius 2 is 2.08 bits per heavy atom. The number of rotatable bonds is 1. The average molecular weight is 177 g/mol. The maximum atomic E-state index is 4.38. The van der Waals surface area contributed by atoms with Crippen molar-refractivity contribution in [3.05, 3.63) is 18.2 Å².